The van der Waals surface area contributed by atoms with Crippen LogP contribution in [-0.4, -0.2) is 65.5 Å². The second-order valence-electron chi connectivity index (χ2n) is 13.2. The monoisotopic (exact) mass is 656 g/mol. The number of anilines is 1. The van der Waals surface area contributed by atoms with Gasteiger partial charge in [-0.15, -0.1) is 0 Å². The molecule has 6 atom stereocenters. The van der Waals surface area contributed by atoms with Gasteiger partial charge in [-0.3, -0.25) is 28.9 Å². The molecule has 11 nitrogen and oxygen atoms in total. The van der Waals surface area contributed by atoms with Gasteiger partial charge < -0.3 is 19.7 Å². The summed E-state index contributed by atoms with van der Waals surface area (Å²) in [4.78, 5) is 69.7. The molecule has 2 N–H and O–H groups in total. The van der Waals surface area contributed by atoms with E-state index >= 15 is 0 Å². The molecular formula is C37H40N2O9. The first-order valence-corrected chi connectivity index (χ1v) is 16.4. The number of likely N-dealkylation sites (tertiary alicyclic amines) is 1. The van der Waals surface area contributed by atoms with E-state index in [-0.39, 0.29) is 60.3 Å². The summed E-state index contributed by atoms with van der Waals surface area (Å²) in [5, 5.41) is 19.4. The largest absolute Gasteiger partial charge is 0.502 e. The van der Waals surface area contributed by atoms with E-state index in [0.29, 0.717) is 36.9 Å². The summed E-state index contributed by atoms with van der Waals surface area (Å²) >= 11 is 0. The topological polar surface area (TPSA) is 151 Å². The number of carbonyl (C=O) groups excluding carboxylic acids is 4. The molecule has 252 valence electrons. The van der Waals surface area contributed by atoms with E-state index in [0.717, 1.165) is 5.57 Å². The number of aliphatic carboxylic acids is 1. The Morgan fingerprint density at radius 1 is 0.958 bits per heavy atom. The molecule has 2 saturated heterocycles. The number of carbonyl (C=O) groups is 5. The Morgan fingerprint density at radius 3 is 2.29 bits per heavy atom. The minimum Gasteiger partial charge on any atom is -0.502 e. The van der Waals surface area contributed by atoms with E-state index in [4.69, 9.17) is 14.6 Å². The van der Waals surface area contributed by atoms with Crippen molar-refractivity contribution in [1.29, 1.82) is 0 Å². The van der Waals surface area contributed by atoms with Crippen LogP contribution in [0.1, 0.15) is 51.0 Å². The average Bonchev–Trinajstić information content (AvgIpc) is 3.44. The lowest BCUT2D eigenvalue weighted by Gasteiger charge is -2.47. The number of rotatable bonds is 11. The molecule has 6 rings (SSSR count). The molecule has 0 aromatic heterocycles. The number of carboxylic acids is 1. The Morgan fingerprint density at radius 2 is 1.65 bits per heavy atom. The maximum absolute atomic E-state index is 14.4. The molecule has 3 fully saturated rings. The SMILES string of the molecule is COc1cc(C=C[C@H]2C3=CC[C@@H]4C(=O)N(CCCCCC(=O)O)C(=O)[C@@H]4[C@@H]3C[C@H]3C(=O)N(c4ccccc4)C(=O)[C@@]23C)cc(OC)c1O. The van der Waals surface area contributed by atoms with Crippen molar-refractivity contribution in [2.75, 3.05) is 25.7 Å². The molecule has 4 aliphatic rings. The standard InChI is InChI=1S/C37H40N2O9/c1-37-26(16-13-21-18-28(47-2)32(42)29(19-21)48-3)23-14-15-24-31(35(45)38(33(24)43)17-9-5-8-12-30(40)41)25(23)20-27(37)34(44)39(36(37)46)22-10-6-4-7-11-22/h4,6-7,10-11,13-14,16,18-19,24-27,31,42H,5,8-9,12,15,17,20H2,1-3H3,(H,40,41)/t24-,25+,26-,27-,31-,37-/m0/s1. The highest BCUT2D eigenvalue weighted by Gasteiger charge is 2.66. The van der Waals surface area contributed by atoms with Crippen molar-refractivity contribution >= 4 is 41.4 Å². The number of hydrogen-bond donors (Lipinski definition) is 2. The molecule has 48 heavy (non-hydrogen) atoms. The van der Waals surface area contributed by atoms with Crippen molar-refractivity contribution in [2.24, 2.45) is 35.0 Å². The number of carboxylic acid groups (broad SMARTS) is 1. The maximum Gasteiger partial charge on any atom is 0.303 e. The number of unbranched alkanes of at least 4 members (excludes halogenated alkanes) is 2. The van der Waals surface area contributed by atoms with Crippen LogP contribution in [0.5, 0.6) is 17.2 Å². The highest BCUT2D eigenvalue weighted by atomic mass is 16.5. The van der Waals surface area contributed by atoms with Crippen LogP contribution in [0.15, 0.2) is 60.2 Å². The molecule has 1 saturated carbocycles. The second kappa shape index (κ2) is 12.9. The zero-order valence-corrected chi connectivity index (χ0v) is 27.3. The molecule has 0 bridgehead atoms. The number of phenols is 1. The van der Waals surface area contributed by atoms with Crippen LogP contribution in [-0.2, 0) is 24.0 Å². The third kappa shape index (κ3) is 5.35. The molecule has 0 radical (unpaired) electrons. The van der Waals surface area contributed by atoms with E-state index in [1.54, 1.807) is 42.5 Å². The van der Waals surface area contributed by atoms with Crippen LogP contribution in [0, 0.1) is 35.0 Å². The molecule has 4 amide bonds. The highest BCUT2D eigenvalue weighted by Crippen LogP contribution is 2.61. The van der Waals surface area contributed by atoms with Gasteiger partial charge in [-0.05, 0) is 68.4 Å². The minimum atomic E-state index is -1.17. The molecule has 2 aliphatic carbocycles. The zero-order chi connectivity index (χ0) is 34.3. The number of amides is 4. The molecule has 0 spiro atoms. The maximum atomic E-state index is 14.4. The molecule has 2 aromatic rings. The lowest BCUT2D eigenvalue weighted by Crippen LogP contribution is -2.49. The first-order valence-electron chi connectivity index (χ1n) is 16.4. The predicted octanol–water partition coefficient (Wildman–Crippen LogP) is 4.83. The Labute approximate surface area is 278 Å². The summed E-state index contributed by atoms with van der Waals surface area (Å²) in [6.07, 6.45) is 7.88. The van der Waals surface area contributed by atoms with Gasteiger partial charge >= 0.3 is 5.97 Å². The van der Waals surface area contributed by atoms with Crippen molar-refractivity contribution in [3.63, 3.8) is 0 Å². The molecule has 2 aromatic carbocycles. The Hall–Kier alpha value is -4.93. The van der Waals surface area contributed by atoms with Gasteiger partial charge in [-0.1, -0.05) is 48.4 Å². The van der Waals surface area contributed by atoms with Gasteiger partial charge in [0.1, 0.15) is 0 Å². The number of imide groups is 2. The van der Waals surface area contributed by atoms with Gasteiger partial charge in [0, 0.05) is 18.9 Å². The second-order valence-corrected chi connectivity index (χ2v) is 13.2. The number of methoxy groups -OCH3 is 2. The number of nitrogens with zero attached hydrogens (tertiary/aromatic N) is 2. The summed E-state index contributed by atoms with van der Waals surface area (Å²) in [6.45, 7) is 2.04. The molecule has 2 heterocycles. The number of allylic oxidation sites excluding steroid dienone is 3. The van der Waals surface area contributed by atoms with Crippen LogP contribution in [0.3, 0.4) is 0 Å². The Balaban J connectivity index is 1.38. The van der Waals surface area contributed by atoms with Crippen LogP contribution in [0.2, 0.25) is 0 Å². The lowest BCUT2D eigenvalue weighted by atomic mass is 9.52. The number of hydrogen-bond acceptors (Lipinski definition) is 8. The summed E-state index contributed by atoms with van der Waals surface area (Å²) in [6, 6.07) is 12.1. The number of ether oxygens (including phenoxy) is 2. The predicted molar refractivity (Wildman–Crippen MR) is 175 cm³/mol. The molecular weight excluding hydrogens is 616 g/mol. The highest BCUT2D eigenvalue weighted by molar-refractivity contribution is 6.24. The van der Waals surface area contributed by atoms with Crippen LogP contribution in [0.4, 0.5) is 5.69 Å². The third-order valence-electron chi connectivity index (χ3n) is 10.7. The van der Waals surface area contributed by atoms with E-state index in [1.807, 2.05) is 25.1 Å². The number of phenolic OH excluding ortho intramolecular Hbond substituents is 1. The Kier molecular flexibility index (Phi) is 8.89. The van der Waals surface area contributed by atoms with Crippen LogP contribution < -0.4 is 14.4 Å². The van der Waals surface area contributed by atoms with Crippen molar-refractivity contribution in [3.8, 4) is 17.2 Å². The van der Waals surface area contributed by atoms with E-state index < -0.39 is 41.0 Å². The van der Waals surface area contributed by atoms with E-state index in [9.17, 15) is 29.1 Å². The third-order valence-corrected chi connectivity index (χ3v) is 10.7. The van der Waals surface area contributed by atoms with Gasteiger partial charge in [-0.2, -0.15) is 0 Å². The van der Waals surface area contributed by atoms with Crippen molar-refractivity contribution in [3.05, 3.63) is 65.8 Å². The average molecular weight is 657 g/mol. The molecule has 0 unspecified atom stereocenters. The molecule has 2 aliphatic heterocycles. The Bertz CT molecular complexity index is 1690. The van der Waals surface area contributed by atoms with Crippen molar-refractivity contribution in [2.45, 2.75) is 45.4 Å². The first kappa shape index (κ1) is 33.0. The normalized spacial score (nSPS) is 28.0. The fourth-order valence-corrected chi connectivity index (χ4v) is 8.27. The summed E-state index contributed by atoms with van der Waals surface area (Å²) in [5.74, 6) is -4.71. The van der Waals surface area contributed by atoms with Gasteiger partial charge in [0.2, 0.25) is 29.4 Å². The van der Waals surface area contributed by atoms with E-state index in [1.165, 1.54) is 24.0 Å². The summed E-state index contributed by atoms with van der Waals surface area (Å²) in [7, 11) is 2.87. The number of benzene rings is 2. The zero-order valence-electron chi connectivity index (χ0n) is 27.3. The first-order chi connectivity index (χ1) is 23.0. The fraction of sp³-hybridized carbons (Fsp3) is 0.432. The van der Waals surface area contributed by atoms with E-state index in [2.05, 4.69) is 0 Å². The van der Waals surface area contributed by atoms with Crippen molar-refractivity contribution in [1.82, 2.24) is 4.90 Å². The summed E-state index contributed by atoms with van der Waals surface area (Å²) in [5.41, 5.74) is 0.814. The number of para-hydroxylation sites is 1. The van der Waals surface area contributed by atoms with Crippen molar-refractivity contribution < 1.29 is 43.7 Å². The molecule has 11 heteroatoms. The van der Waals surface area contributed by atoms with Gasteiger partial charge in [0.15, 0.2) is 11.5 Å². The number of fused-ring (bicyclic) bond motifs is 4. The number of aromatic hydroxyl groups is 1. The van der Waals surface area contributed by atoms with Crippen LogP contribution in [0.25, 0.3) is 6.08 Å². The summed E-state index contributed by atoms with van der Waals surface area (Å²) < 4.78 is 10.7. The minimum absolute atomic E-state index is 0.0357. The van der Waals surface area contributed by atoms with Gasteiger partial charge in [-0.25, -0.2) is 4.90 Å². The smallest absolute Gasteiger partial charge is 0.303 e. The van der Waals surface area contributed by atoms with Gasteiger partial charge in [0.05, 0.1) is 43.1 Å². The van der Waals surface area contributed by atoms with Crippen LogP contribution >= 0.6 is 0 Å². The lowest BCUT2D eigenvalue weighted by molar-refractivity contribution is -0.141. The quantitative estimate of drug-likeness (QED) is 0.197. The van der Waals surface area contributed by atoms with Gasteiger partial charge in [0.25, 0.3) is 0 Å². The fourth-order valence-electron chi connectivity index (χ4n) is 8.27.